The topological polar surface area (TPSA) is 15.3 Å². The third-order valence-corrected chi connectivity index (χ3v) is 4.07. The molecule has 0 spiro atoms. The maximum absolute atomic E-state index is 3.42. The number of benzene rings is 1. The fourth-order valence-corrected chi connectivity index (χ4v) is 2.80. The maximum Gasteiger partial charge on any atom is 0.00792 e. The Morgan fingerprint density at radius 3 is 2.33 bits per heavy atom. The van der Waals surface area contributed by atoms with Gasteiger partial charge in [0, 0.05) is 19.1 Å². The number of hydrogen-bond donors (Lipinski definition) is 1. The lowest BCUT2D eigenvalue weighted by Crippen LogP contribution is -2.37. The van der Waals surface area contributed by atoms with E-state index < -0.39 is 0 Å². The maximum atomic E-state index is 3.42. The number of rotatable bonds is 5. The Morgan fingerprint density at radius 1 is 1.17 bits per heavy atom. The van der Waals surface area contributed by atoms with Crippen molar-refractivity contribution in [2.24, 2.45) is 0 Å². The Bertz CT molecular complexity index is 335. The predicted molar refractivity (Wildman–Crippen MR) is 78.0 cm³/mol. The van der Waals surface area contributed by atoms with Crippen LogP contribution in [0.1, 0.15) is 31.4 Å². The lowest BCUT2D eigenvalue weighted by molar-refractivity contribution is 0.208. The van der Waals surface area contributed by atoms with Gasteiger partial charge in [-0.2, -0.15) is 0 Å². The Balaban J connectivity index is 1.87. The molecule has 0 aromatic heterocycles. The Kier molecular flexibility index (Phi) is 5.21. The van der Waals surface area contributed by atoms with Gasteiger partial charge in [-0.15, -0.1) is 0 Å². The van der Waals surface area contributed by atoms with Crippen molar-refractivity contribution in [2.45, 2.75) is 39.2 Å². The predicted octanol–water partition coefficient (Wildman–Crippen LogP) is 2.48. The Hall–Kier alpha value is -0.860. The molecule has 0 fully saturated rings. The van der Waals surface area contributed by atoms with E-state index in [0.717, 1.165) is 13.1 Å². The zero-order chi connectivity index (χ0) is 12.8. The summed E-state index contributed by atoms with van der Waals surface area (Å²) in [7, 11) is 0. The first-order chi connectivity index (χ1) is 8.81. The quantitative estimate of drug-likeness (QED) is 0.803. The van der Waals surface area contributed by atoms with E-state index in [0.29, 0.717) is 6.04 Å². The van der Waals surface area contributed by atoms with Crippen LogP contribution in [-0.4, -0.2) is 37.1 Å². The van der Waals surface area contributed by atoms with Gasteiger partial charge in [0.25, 0.3) is 0 Å². The fraction of sp³-hybridized carbons (Fsp3) is 0.625. The van der Waals surface area contributed by atoms with E-state index in [-0.39, 0.29) is 0 Å². The van der Waals surface area contributed by atoms with Crippen LogP contribution in [0.4, 0.5) is 0 Å². The number of nitrogens with zero attached hydrogens (tertiary/aromatic N) is 1. The summed E-state index contributed by atoms with van der Waals surface area (Å²) in [5.74, 6) is 0. The molecule has 100 valence electrons. The highest BCUT2D eigenvalue weighted by Crippen LogP contribution is 2.17. The van der Waals surface area contributed by atoms with Crippen LogP contribution in [0.15, 0.2) is 24.3 Å². The summed E-state index contributed by atoms with van der Waals surface area (Å²) in [6.45, 7) is 9.19. The molecule has 0 bridgehead atoms. The standard InChI is InChI=1S/C16H26N2/c1-3-17-11-8-14(2)18-12-9-15-6-4-5-7-16(15)10-13-18/h4-7,14,17H,3,8-13H2,1-2H3. The van der Waals surface area contributed by atoms with Crippen LogP contribution in [0.5, 0.6) is 0 Å². The van der Waals surface area contributed by atoms with E-state index in [1.54, 1.807) is 11.1 Å². The van der Waals surface area contributed by atoms with Gasteiger partial charge < -0.3 is 5.32 Å². The van der Waals surface area contributed by atoms with Crippen molar-refractivity contribution in [2.75, 3.05) is 26.2 Å². The van der Waals surface area contributed by atoms with Crippen LogP contribution in [0.25, 0.3) is 0 Å². The van der Waals surface area contributed by atoms with E-state index >= 15 is 0 Å². The van der Waals surface area contributed by atoms with Gasteiger partial charge in [-0.05, 0) is 50.4 Å². The van der Waals surface area contributed by atoms with Crippen molar-refractivity contribution >= 4 is 0 Å². The van der Waals surface area contributed by atoms with Gasteiger partial charge in [0.15, 0.2) is 0 Å². The molecule has 18 heavy (non-hydrogen) atoms. The Labute approximate surface area is 111 Å². The summed E-state index contributed by atoms with van der Waals surface area (Å²) in [6.07, 6.45) is 3.67. The van der Waals surface area contributed by atoms with E-state index in [4.69, 9.17) is 0 Å². The third kappa shape index (κ3) is 3.56. The van der Waals surface area contributed by atoms with E-state index in [2.05, 4.69) is 48.3 Å². The number of nitrogens with one attached hydrogen (secondary N) is 1. The lowest BCUT2D eigenvalue weighted by Gasteiger charge is -2.27. The first-order valence-corrected chi connectivity index (χ1v) is 7.32. The van der Waals surface area contributed by atoms with E-state index in [1.807, 2.05) is 0 Å². The van der Waals surface area contributed by atoms with Gasteiger partial charge in [-0.1, -0.05) is 31.2 Å². The molecular formula is C16H26N2. The highest BCUT2D eigenvalue weighted by atomic mass is 15.1. The summed E-state index contributed by atoms with van der Waals surface area (Å²) >= 11 is 0. The second-order valence-electron chi connectivity index (χ2n) is 5.30. The summed E-state index contributed by atoms with van der Waals surface area (Å²) in [5, 5.41) is 3.42. The molecule has 1 unspecified atom stereocenters. The molecule has 1 aliphatic rings. The monoisotopic (exact) mass is 246 g/mol. The summed E-state index contributed by atoms with van der Waals surface area (Å²) in [6, 6.07) is 9.62. The average molecular weight is 246 g/mol. The van der Waals surface area contributed by atoms with Crippen LogP contribution >= 0.6 is 0 Å². The third-order valence-electron chi connectivity index (χ3n) is 4.07. The SMILES string of the molecule is CCNCCC(C)N1CCc2ccccc2CC1. The van der Waals surface area contributed by atoms with Crippen molar-refractivity contribution in [3.05, 3.63) is 35.4 Å². The van der Waals surface area contributed by atoms with Gasteiger partial charge in [-0.25, -0.2) is 0 Å². The minimum Gasteiger partial charge on any atom is -0.317 e. The minimum atomic E-state index is 0.693. The van der Waals surface area contributed by atoms with E-state index in [1.165, 1.54) is 32.4 Å². The van der Waals surface area contributed by atoms with Crippen LogP contribution in [0, 0.1) is 0 Å². The molecule has 0 aliphatic carbocycles. The second kappa shape index (κ2) is 6.91. The molecule has 2 heteroatoms. The van der Waals surface area contributed by atoms with Gasteiger partial charge in [-0.3, -0.25) is 4.90 Å². The molecular weight excluding hydrogens is 220 g/mol. The van der Waals surface area contributed by atoms with Crippen LogP contribution < -0.4 is 5.32 Å². The fourth-order valence-electron chi connectivity index (χ4n) is 2.80. The van der Waals surface area contributed by atoms with Crippen molar-refractivity contribution in [1.82, 2.24) is 10.2 Å². The van der Waals surface area contributed by atoms with Gasteiger partial charge in [0.2, 0.25) is 0 Å². The molecule has 2 rings (SSSR count). The molecule has 0 radical (unpaired) electrons. The summed E-state index contributed by atoms with van der Waals surface area (Å²) in [4.78, 5) is 2.65. The van der Waals surface area contributed by atoms with Gasteiger partial charge in [0.1, 0.15) is 0 Å². The summed E-state index contributed by atoms with van der Waals surface area (Å²) in [5.41, 5.74) is 3.11. The van der Waals surface area contributed by atoms with Crippen LogP contribution in [0.2, 0.25) is 0 Å². The largest absolute Gasteiger partial charge is 0.317 e. The molecule has 0 saturated carbocycles. The van der Waals surface area contributed by atoms with Gasteiger partial charge >= 0.3 is 0 Å². The molecule has 1 heterocycles. The second-order valence-corrected chi connectivity index (χ2v) is 5.30. The number of fused-ring (bicyclic) bond motifs is 1. The van der Waals surface area contributed by atoms with Gasteiger partial charge in [0.05, 0.1) is 0 Å². The molecule has 0 amide bonds. The first-order valence-electron chi connectivity index (χ1n) is 7.32. The lowest BCUT2D eigenvalue weighted by atomic mass is 10.0. The van der Waals surface area contributed by atoms with Crippen LogP contribution in [-0.2, 0) is 12.8 Å². The van der Waals surface area contributed by atoms with Crippen molar-refractivity contribution in [3.63, 3.8) is 0 Å². The zero-order valence-corrected chi connectivity index (χ0v) is 11.8. The van der Waals surface area contributed by atoms with Crippen LogP contribution in [0.3, 0.4) is 0 Å². The smallest absolute Gasteiger partial charge is 0.00792 e. The molecule has 1 aromatic rings. The Morgan fingerprint density at radius 2 is 1.78 bits per heavy atom. The van der Waals surface area contributed by atoms with E-state index in [9.17, 15) is 0 Å². The first kappa shape index (κ1) is 13.6. The molecule has 1 aromatic carbocycles. The highest BCUT2D eigenvalue weighted by molar-refractivity contribution is 5.28. The molecule has 1 atom stereocenters. The zero-order valence-electron chi connectivity index (χ0n) is 11.8. The molecule has 1 N–H and O–H groups in total. The van der Waals surface area contributed by atoms with Crippen molar-refractivity contribution < 1.29 is 0 Å². The summed E-state index contributed by atoms with van der Waals surface area (Å²) < 4.78 is 0. The highest BCUT2D eigenvalue weighted by Gasteiger charge is 2.17. The minimum absolute atomic E-state index is 0.693. The van der Waals surface area contributed by atoms with Crippen molar-refractivity contribution in [3.8, 4) is 0 Å². The van der Waals surface area contributed by atoms with Crippen molar-refractivity contribution in [1.29, 1.82) is 0 Å². The molecule has 2 nitrogen and oxygen atoms in total. The average Bonchev–Trinajstić information content (AvgIpc) is 2.61. The molecule has 0 saturated heterocycles. The molecule has 1 aliphatic heterocycles. The normalized spacial score (nSPS) is 18.1. The number of hydrogen-bond acceptors (Lipinski definition) is 2.